The Bertz CT molecular complexity index is 958. The van der Waals surface area contributed by atoms with Gasteiger partial charge in [-0.15, -0.1) is 0 Å². The number of benzene rings is 2. The van der Waals surface area contributed by atoms with Gasteiger partial charge in [-0.3, -0.25) is 9.69 Å². The maximum Gasteiger partial charge on any atom is 0.238 e. The Labute approximate surface area is 164 Å². The molecule has 0 saturated carbocycles. The highest BCUT2D eigenvalue weighted by Gasteiger charge is 2.22. The standard InChI is InChI=1S/C22H25FN4O/c1-16-24-20-4-2-3-5-21(20)27(16)14-17-10-12-26(13-11-17)15-22(28)25-19-8-6-18(23)7-9-19/h2-9,17H,10-15H2,1H3,(H,25,28). The number of imidazole rings is 1. The zero-order valence-electron chi connectivity index (χ0n) is 16.1. The van der Waals surface area contributed by atoms with Gasteiger partial charge in [0.25, 0.3) is 0 Å². The molecule has 1 aliphatic rings. The fourth-order valence-corrected chi connectivity index (χ4v) is 3.95. The van der Waals surface area contributed by atoms with E-state index in [4.69, 9.17) is 0 Å². The predicted molar refractivity (Wildman–Crippen MR) is 109 cm³/mol. The lowest BCUT2D eigenvalue weighted by Crippen LogP contribution is -2.40. The van der Waals surface area contributed by atoms with Crippen molar-refractivity contribution in [3.8, 4) is 0 Å². The van der Waals surface area contributed by atoms with Gasteiger partial charge in [0.2, 0.25) is 5.91 Å². The van der Waals surface area contributed by atoms with Crippen molar-refractivity contribution in [1.29, 1.82) is 0 Å². The number of hydrogen-bond acceptors (Lipinski definition) is 3. The van der Waals surface area contributed by atoms with E-state index in [2.05, 4.69) is 44.9 Å². The number of aryl methyl sites for hydroxylation is 1. The first-order chi connectivity index (χ1) is 13.6. The zero-order chi connectivity index (χ0) is 19.5. The molecule has 1 amide bonds. The molecule has 0 atom stereocenters. The van der Waals surface area contributed by atoms with Crippen LogP contribution in [0.4, 0.5) is 10.1 Å². The zero-order valence-corrected chi connectivity index (χ0v) is 16.1. The molecule has 0 unspecified atom stereocenters. The number of nitrogens with zero attached hydrogens (tertiary/aromatic N) is 3. The van der Waals surface area contributed by atoms with Gasteiger partial charge in [-0.1, -0.05) is 12.1 Å². The van der Waals surface area contributed by atoms with E-state index < -0.39 is 0 Å². The maximum atomic E-state index is 13.0. The number of likely N-dealkylation sites (tertiary alicyclic amines) is 1. The summed E-state index contributed by atoms with van der Waals surface area (Å²) in [5.41, 5.74) is 2.87. The van der Waals surface area contributed by atoms with Gasteiger partial charge in [-0.25, -0.2) is 9.37 Å². The highest BCUT2D eigenvalue weighted by molar-refractivity contribution is 5.92. The number of nitrogens with one attached hydrogen (secondary N) is 1. The van der Waals surface area contributed by atoms with Crippen LogP contribution in [0.1, 0.15) is 18.7 Å². The normalized spacial score (nSPS) is 15.8. The summed E-state index contributed by atoms with van der Waals surface area (Å²) < 4.78 is 15.3. The lowest BCUT2D eigenvalue weighted by Gasteiger charge is -2.31. The molecular weight excluding hydrogens is 355 g/mol. The molecule has 4 rings (SSSR count). The molecule has 1 aromatic heterocycles. The number of hydrogen-bond donors (Lipinski definition) is 1. The Balaban J connectivity index is 1.29. The molecule has 1 saturated heterocycles. The number of amides is 1. The van der Waals surface area contributed by atoms with Crippen molar-refractivity contribution in [2.75, 3.05) is 25.0 Å². The molecule has 0 bridgehead atoms. The molecular formula is C22H25FN4O. The monoisotopic (exact) mass is 380 g/mol. The number of rotatable bonds is 5. The van der Waals surface area contributed by atoms with Crippen molar-refractivity contribution >= 4 is 22.6 Å². The molecule has 146 valence electrons. The summed E-state index contributed by atoms with van der Waals surface area (Å²) in [7, 11) is 0. The summed E-state index contributed by atoms with van der Waals surface area (Å²) in [6, 6.07) is 14.1. The fraction of sp³-hybridized carbons (Fsp3) is 0.364. The largest absolute Gasteiger partial charge is 0.328 e. The first-order valence-corrected chi connectivity index (χ1v) is 9.78. The van der Waals surface area contributed by atoms with Gasteiger partial charge in [-0.2, -0.15) is 0 Å². The Kier molecular flexibility index (Phi) is 5.39. The third kappa shape index (κ3) is 4.22. The number of piperidine rings is 1. The SMILES string of the molecule is Cc1nc2ccccc2n1CC1CCN(CC(=O)Nc2ccc(F)cc2)CC1. The number of carbonyl (C=O) groups is 1. The number of para-hydroxylation sites is 2. The lowest BCUT2D eigenvalue weighted by molar-refractivity contribution is -0.117. The minimum atomic E-state index is -0.305. The lowest BCUT2D eigenvalue weighted by atomic mass is 9.96. The van der Waals surface area contributed by atoms with Crippen molar-refractivity contribution in [3.63, 3.8) is 0 Å². The van der Waals surface area contributed by atoms with E-state index in [0.29, 0.717) is 18.2 Å². The van der Waals surface area contributed by atoms with Crippen LogP contribution in [0.25, 0.3) is 11.0 Å². The molecule has 28 heavy (non-hydrogen) atoms. The molecule has 5 nitrogen and oxygen atoms in total. The average Bonchev–Trinajstić information content (AvgIpc) is 3.00. The second-order valence-electron chi connectivity index (χ2n) is 7.53. The summed E-state index contributed by atoms with van der Waals surface area (Å²) >= 11 is 0. The van der Waals surface area contributed by atoms with E-state index in [1.807, 2.05) is 6.07 Å². The smallest absolute Gasteiger partial charge is 0.238 e. The van der Waals surface area contributed by atoms with Crippen molar-refractivity contribution in [2.45, 2.75) is 26.3 Å². The summed E-state index contributed by atoms with van der Waals surface area (Å²) in [5, 5.41) is 2.83. The molecule has 3 aromatic rings. The molecule has 1 N–H and O–H groups in total. The van der Waals surface area contributed by atoms with Gasteiger partial charge in [0.05, 0.1) is 17.6 Å². The third-order valence-corrected chi connectivity index (χ3v) is 5.49. The van der Waals surface area contributed by atoms with E-state index in [9.17, 15) is 9.18 Å². The fourth-order valence-electron chi connectivity index (χ4n) is 3.95. The average molecular weight is 380 g/mol. The summed E-state index contributed by atoms with van der Waals surface area (Å²) in [5.74, 6) is 1.29. The quantitative estimate of drug-likeness (QED) is 0.732. The second kappa shape index (κ2) is 8.10. The Hall–Kier alpha value is -2.73. The van der Waals surface area contributed by atoms with Crippen LogP contribution in [-0.4, -0.2) is 40.0 Å². The summed E-state index contributed by atoms with van der Waals surface area (Å²) in [6.45, 7) is 5.23. The van der Waals surface area contributed by atoms with Crippen molar-refractivity contribution in [1.82, 2.24) is 14.5 Å². The van der Waals surface area contributed by atoms with Crippen molar-refractivity contribution in [3.05, 3.63) is 60.2 Å². The van der Waals surface area contributed by atoms with Gasteiger partial charge in [0, 0.05) is 12.2 Å². The van der Waals surface area contributed by atoms with E-state index in [-0.39, 0.29) is 11.7 Å². The number of halogens is 1. The molecule has 2 aromatic carbocycles. The third-order valence-electron chi connectivity index (χ3n) is 5.49. The highest BCUT2D eigenvalue weighted by atomic mass is 19.1. The molecule has 2 heterocycles. The van der Waals surface area contributed by atoms with Crippen LogP contribution in [0.5, 0.6) is 0 Å². The molecule has 1 aliphatic heterocycles. The van der Waals surface area contributed by atoms with Gasteiger partial charge < -0.3 is 9.88 Å². The van der Waals surface area contributed by atoms with Gasteiger partial charge in [0.1, 0.15) is 11.6 Å². The van der Waals surface area contributed by atoms with Gasteiger partial charge >= 0.3 is 0 Å². The topological polar surface area (TPSA) is 50.2 Å². The number of anilines is 1. The van der Waals surface area contributed by atoms with Crippen molar-refractivity contribution < 1.29 is 9.18 Å². The van der Waals surface area contributed by atoms with Crippen LogP contribution >= 0.6 is 0 Å². The van der Waals surface area contributed by atoms with Crippen LogP contribution in [-0.2, 0) is 11.3 Å². The maximum absolute atomic E-state index is 13.0. The van der Waals surface area contributed by atoms with Crippen molar-refractivity contribution in [2.24, 2.45) is 5.92 Å². The van der Waals surface area contributed by atoms with Crippen LogP contribution in [0.15, 0.2) is 48.5 Å². The summed E-state index contributed by atoms with van der Waals surface area (Å²) in [4.78, 5) is 19.1. The second-order valence-corrected chi connectivity index (χ2v) is 7.53. The first kappa shape index (κ1) is 18.6. The van der Waals surface area contributed by atoms with Gasteiger partial charge in [-0.05, 0) is 75.2 Å². The van der Waals surface area contributed by atoms with E-state index in [1.54, 1.807) is 12.1 Å². The summed E-state index contributed by atoms with van der Waals surface area (Å²) in [6.07, 6.45) is 2.13. The number of carbonyl (C=O) groups excluding carboxylic acids is 1. The van der Waals surface area contributed by atoms with E-state index in [0.717, 1.165) is 43.8 Å². The van der Waals surface area contributed by atoms with Crippen LogP contribution in [0.3, 0.4) is 0 Å². The molecule has 1 fully saturated rings. The predicted octanol–water partition coefficient (Wildman–Crippen LogP) is 3.83. The van der Waals surface area contributed by atoms with Crippen LogP contribution in [0.2, 0.25) is 0 Å². The molecule has 0 spiro atoms. The number of fused-ring (bicyclic) bond motifs is 1. The van der Waals surface area contributed by atoms with Crippen LogP contribution in [0, 0.1) is 18.7 Å². The Morgan fingerprint density at radius 3 is 2.61 bits per heavy atom. The van der Waals surface area contributed by atoms with E-state index >= 15 is 0 Å². The van der Waals surface area contributed by atoms with E-state index in [1.165, 1.54) is 17.6 Å². The van der Waals surface area contributed by atoms with Gasteiger partial charge in [0.15, 0.2) is 0 Å². The minimum Gasteiger partial charge on any atom is -0.328 e. The Morgan fingerprint density at radius 2 is 1.86 bits per heavy atom. The Morgan fingerprint density at radius 1 is 1.14 bits per heavy atom. The van der Waals surface area contributed by atoms with Crippen LogP contribution < -0.4 is 5.32 Å². The molecule has 0 aliphatic carbocycles. The minimum absolute atomic E-state index is 0.0542. The molecule has 0 radical (unpaired) electrons. The molecule has 6 heteroatoms. The number of aromatic nitrogens is 2. The highest BCUT2D eigenvalue weighted by Crippen LogP contribution is 2.23. The first-order valence-electron chi connectivity index (χ1n) is 9.78.